The van der Waals surface area contributed by atoms with Crippen molar-refractivity contribution in [1.82, 2.24) is 5.48 Å². The lowest BCUT2D eigenvalue weighted by Crippen LogP contribution is -2.27. The monoisotopic (exact) mass is 207 g/mol. The summed E-state index contributed by atoms with van der Waals surface area (Å²) >= 11 is 1.58. The summed E-state index contributed by atoms with van der Waals surface area (Å²) in [6, 6.07) is 0. The van der Waals surface area contributed by atoms with Crippen LogP contribution in [0.25, 0.3) is 0 Å². The second-order valence-corrected chi connectivity index (χ2v) is 4.29. The van der Waals surface area contributed by atoms with Crippen LogP contribution in [0.1, 0.15) is 13.8 Å². The first-order chi connectivity index (χ1) is 6.16. The molecule has 0 aromatic heterocycles. The van der Waals surface area contributed by atoms with E-state index >= 15 is 0 Å². The smallest absolute Gasteiger partial charge is 0.253 e. The third-order valence-corrected chi connectivity index (χ3v) is 2.22. The van der Waals surface area contributed by atoms with Gasteiger partial charge in [-0.25, -0.2) is 5.48 Å². The first-order valence-corrected chi connectivity index (χ1v) is 5.23. The van der Waals surface area contributed by atoms with E-state index in [1.807, 2.05) is 13.8 Å². The lowest BCUT2D eigenvalue weighted by molar-refractivity contribution is -0.131. The number of hydrogen-bond acceptors (Lipinski definition) is 4. The molecule has 0 aliphatic rings. The molecule has 0 bridgehead atoms. The maximum absolute atomic E-state index is 11.0. The molecular weight excluding hydrogens is 190 g/mol. The van der Waals surface area contributed by atoms with E-state index in [0.717, 1.165) is 0 Å². The number of hydrogen-bond donors (Lipinski definition) is 1. The summed E-state index contributed by atoms with van der Waals surface area (Å²) in [7, 11) is 1.58. The van der Waals surface area contributed by atoms with Gasteiger partial charge in [-0.15, -0.1) is 11.8 Å². The fourth-order valence-corrected chi connectivity index (χ4v) is 1.07. The van der Waals surface area contributed by atoms with Crippen LogP contribution < -0.4 is 5.48 Å². The van der Waals surface area contributed by atoms with Crippen molar-refractivity contribution in [3.63, 3.8) is 0 Å². The van der Waals surface area contributed by atoms with Crippen molar-refractivity contribution in [3.05, 3.63) is 0 Å². The normalized spacial score (nSPS) is 10.5. The van der Waals surface area contributed by atoms with Crippen molar-refractivity contribution >= 4 is 17.7 Å². The van der Waals surface area contributed by atoms with Crippen LogP contribution in [0.15, 0.2) is 0 Å². The largest absolute Gasteiger partial charge is 0.382 e. The molecule has 0 unspecified atom stereocenters. The molecule has 0 radical (unpaired) electrons. The summed E-state index contributed by atoms with van der Waals surface area (Å²) in [5.74, 6) is 0.333. The van der Waals surface area contributed by atoms with Gasteiger partial charge in [0.2, 0.25) is 0 Å². The minimum absolute atomic E-state index is 0.102. The minimum Gasteiger partial charge on any atom is -0.382 e. The highest BCUT2D eigenvalue weighted by Gasteiger charge is 2.02. The van der Waals surface area contributed by atoms with Crippen molar-refractivity contribution in [1.29, 1.82) is 0 Å². The minimum atomic E-state index is -0.102. The Kier molecular flexibility index (Phi) is 8.18. The van der Waals surface area contributed by atoms with E-state index in [4.69, 9.17) is 9.57 Å². The van der Waals surface area contributed by atoms with Gasteiger partial charge in [0.1, 0.15) is 0 Å². The molecule has 0 aliphatic heterocycles. The number of ether oxygens (including phenoxy) is 1. The average molecular weight is 207 g/mol. The van der Waals surface area contributed by atoms with E-state index in [0.29, 0.717) is 24.2 Å². The first-order valence-electron chi connectivity index (χ1n) is 4.18. The predicted molar refractivity (Wildman–Crippen MR) is 53.6 cm³/mol. The van der Waals surface area contributed by atoms with Crippen LogP contribution in [-0.2, 0) is 14.4 Å². The Hall–Kier alpha value is -0.260. The van der Waals surface area contributed by atoms with Crippen LogP contribution in [0.3, 0.4) is 0 Å². The van der Waals surface area contributed by atoms with Gasteiger partial charge in [-0.1, -0.05) is 13.8 Å². The van der Waals surface area contributed by atoms with Gasteiger partial charge in [0, 0.05) is 7.11 Å². The van der Waals surface area contributed by atoms with Crippen LogP contribution >= 0.6 is 11.8 Å². The van der Waals surface area contributed by atoms with Gasteiger partial charge in [-0.05, 0) is 5.25 Å². The van der Waals surface area contributed by atoms with E-state index in [1.54, 1.807) is 18.9 Å². The zero-order valence-corrected chi connectivity index (χ0v) is 9.15. The molecule has 0 atom stereocenters. The molecule has 0 heterocycles. The molecule has 1 amide bonds. The molecule has 78 valence electrons. The maximum atomic E-state index is 11.0. The van der Waals surface area contributed by atoms with Crippen molar-refractivity contribution in [2.24, 2.45) is 0 Å². The molecule has 0 fully saturated rings. The van der Waals surface area contributed by atoms with Crippen LogP contribution in [0, 0.1) is 0 Å². The number of nitrogens with one attached hydrogen (secondary N) is 1. The Morgan fingerprint density at radius 1 is 1.46 bits per heavy atom. The highest BCUT2D eigenvalue weighted by Crippen LogP contribution is 2.07. The van der Waals surface area contributed by atoms with E-state index < -0.39 is 0 Å². The second-order valence-electron chi connectivity index (χ2n) is 2.73. The van der Waals surface area contributed by atoms with Gasteiger partial charge in [-0.2, -0.15) is 0 Å². The van der Waals surface area contributed by atoms with Gasteiger partial charge in [0.25, 0.3) is 5.91 Å². The number of rotatable bonds is 7. The van der Waals surface area contributed by atoms with Crippen molar-refractivity contribution in [2.75, 3.05) is 26.1 Å². The molecule has 4 nitrogen and oxygen atoms in total. The first kappa shape index (κ1) is 12.7. The Bertz CT molecular complexity index is 141. The zero-order valence-electron chi connectivity index (χ0n) is 8.33. The van der Waals surface area contributed by atoms with Gasteiger partial charge in [0.05, 0.1) is 19.0 Å². The molecule has 13 heavy (non-hydrogen) atoms. The molecule has 0 saturated carbocycles. The summed E-state index contributed by atoms with van der Waals surface area (Å²) in [6.07, 6.45) is 0. The van der Waals surface area contributed by atoms with E-state index in [2.05, 4.69) is 5.48 Å². The van der Waals surface area contributed by atoms with Crippen molar-refractivity contribution < 1.29 is 14.4 Å². The summed E-state index contributed by atoms with van der Waals surface area (Å²) < 4.78 is 4.74. The number of carbonyl (C=O) groups excluding carboxylic acids is 1. The highest BCUT2D eigenvalue weighted by atomic mass is 32.2. The molecule has 0 aliphatic carbocycles. The van der Waals surface area contributed by atoms with Crippen LogP contribution in [0.4, 0.5) is 0 Å². The fraction of sp³-hybridized carbons (Fsp3) is 0.875. The van der Waals surface area contributed by atoms with Gasteiger partial charge in [0.15, 0.2) is 0 Å². The van der Waals surface area contributed by atoms with Gasteiger partial charge in [-0.3, -0.25) is 9.63 Å². The molecule has 0 saturated heterocycles. The summed E-state index contributed by atoms with van der Waals surface area (Å²) in [4.78, 5) is 15.8. The van der Waals surface area contributed by atoms with E-state index in [9.17, 15) is 4.79 Å². The summed E-state index contributed by atoms with van der Waals surface area (Å²) in [5, 5.41) is 0.463. The van der Waals surface area contributed by atoms with Crippen LogP contribution in [0.5, 0.6) is 0 Å². The standard InChI is InChI=1S/C8H17NO3S/c1-7(2)13-6-8(10)9-12-5-4-11-3/h7H,4-6H2,1-3H3,(H,9,10). The Morgan fingerprint density at radius 3 is 2.69 bits per heavy atom. The second kappa shape index (κ2) is 8.34. The maximum Gasteiger partial charge on any atom is 0.253 e. The van der Waals surface area contributed by atoms with E-state index in [1.165, 1.54) is 0 Å². The lowest BCUT2D eigenvalue weighted by Gasteiger charge is -2.06. The molecule has 0 spiro atoms. The molecule has 0 aromatic carbocycles. The number of carbonyl (C=O) groups is 1. The van der Waals surface area contributed by atoms with E-state index in [-0.39, 0.29) is 5.91 Å². The van der Waals surface area contributed by atoms with Crippen molar-refractivity contribution in [2.45, 2.75) is 19.1 Å². The number of methoxy groups -OCH3 is 1. The molecule has 5 heteroatoms. The van der Waals surface area contributed by atoms with Crippen LogP contribution in [0.2, 0.25) is 0 Å². The topological polar surface area (TPSA) is 47.6 Å². The quantitative estimate of drug-likeness (QED) is 0.496. The summed E-state index contributed by atoms with van der Waals surface area (Å²) in [6.45, 7) is 4.96. The third-order valence-electron chi connectivity index (χ3n) is 1.12. The highest BCUT2D eigenvalue weighted by molar-refractivity contribution is 8.00. The molecule has 0 aromatic rings. The number of thioether (sulfide) groups is 1. The van der Waals surface area contributed by atoms with Crippen LogP contribution in [-0.4, -0.2) is 37.2 Å². The molecule has 0 rings (SSSR count). The number of hydroxylamine groups is 1. The van der Waals surface area contributed by atoms with Crippen molar-refractivity contribution in [3.8, 4) is 0 Å². The van der Waals surface area contributed by atoms with Gasteiger partial charge < -0.3 is 4.74 Å². The summed E-state index contributed by atoms with van der Waals surface area (Å²) in [5.41, 5.74) is 2.33. The fourth-order valence-electron chi connectivity index (χ4n) is 0.528. The predicted octanol–water partition coefficient (Wildman–Crippen LogP) is 0.822. The zero-order chi connectivity index (χ0) is 10.1. The third kappa shape index (κ3) is 9.66. The lowest BCUT2D eigenvalue weighted by atomic mass is 10.6. The molecular formula is C8H17NO3S. The van der Waals surface area contributed by atoms with Gasteiger partial charge >= 0.3 is 0 Å². The molecule has 1 N–H and O–H groups in total. The average Bonchev–Trinajstić information content (AvgIpc) is 2.09. The Balaban J connectivity index is 3.20. The Labute approximate surface area is 83.3 Å². The number of amides is 1. The Morgan fingerprint density at radius 2 is 2.15 bits per heavy atom. The SMILES string of the molecule is COCCONC(=O)CSC(C)C.